The van der Waals surface area contributed by atoms with Gasteiger partial charge in [-0.1, -0.05) is 30.7 Å². The molecule has 0 aliphatic carbocycles. The van der Waals surface area contributed by atoms with Crippen LogP contribution in [0.25, 0.3) is 11.0 Å². The van der Waals surface area contributed by atoms with Crippen LogP contribution in [-0.2, 0) is 17.8 Å². The number of rotatable bonds is 5. The number of nitrogens with zero attached hydrogens (tertiary/aromatic N) is 1. The molecule has 8 heteroatoms. The van der Waals surface area contributed by atoms with E-state index < -0.39 is 22.2 Å². The number of hydrogen-bond donors (Lipinski definition) is 0. The highest BCUT2D eigenvalue weighted by Crippen LogP contribution is 2.25. The van der Waals surface area contributed by atoms with Crippen LogP contribution in [-0.4, -0.2) is 10.9 Å². The minimum Gasteiger partial charge on any atom is -0.457 e. The van der Waals surface area contributed by atoms with E-state index >= 15 is 0 Å². The van der Waals surface area contributed by atoms with Gasteiger partial charge >= 0.3 is 11.6 Å². The van der Waals surface area contributed by atoms with Crippen molar-refractivity contribution in [3.8, 4) is 0 Å². The molecule has 0 fully saturated rings. The zero-order valence-electron chi connectivity index (χ0n) is 14.2. The molecule has 3 rings (SSSR count). The molecule has 27 heavy (non-hydrogen) atoms. The maximum absolute atomic E-state index is 12.3. The highest BCUT2D eigenvalue weighted by molar-refractivity contribution is 6.31. The molecule has 0 amide bonds. The molecular formula is C19H14ClNO6. The summed E-state index contributed by atoms with van der Waals surface area (Å²) in [6.07, 6.45) is 0.777. The molecule has 1 aromatic heterocycles. The van der Waals surface area contributed by atoms with E-state index in [1.165, 1.54) is 18.2 Å². The molecule has 7 nitrogen and oxygen atoms in total. The van der Waals surface area contributed by atoms with Crippen molar-refractivity contribution in [1.82, 2.24) is 0 Å². The van der Waals surface area contributed by atoms with Gasteiger partial charge in [0.15, 0.2) is 0 Å². The third-order valence-corrected chi connectivity index (χ3v) is 4.27. The van der Waals surface area contributed by atoms with Gasteiger partial charge < -0.3 is 9.15 Å². The van der Waals surface area contributed by atoms with E-state index in [1.54, 1.807) is 12.1 Å². The third-order valence-electron chi connectivity index (χ3n) is 4.04. The van der Waals surface area contributed by atoms with E-state index in [0.717, 1.165) is 18.1 Å². The Bertz CT molecular complexity index is 1110. The van der Waals surface area contributed by atoms with E-state index in [0.29, 0.717) is 16.5 Å². The van der Waals surface area contributed by atoms with Crippen molar-refractivity contribution < 1.29 is 18.9 Å². The summed E-state index contributed by atoms with van der Waals surface area (Å²) >= 11 is 5.74. The first kappa shape index (κ1) is 18.6. The highest BCUT2D eigenvalue weighted by atomic mass is 35.5. The molecule has 2 aromatic carbocycles. The van der Waals surface area contributed by atoms with Crippen LogP contribution in [0.5, 0.6) is 0 Å². The van der Waals surface area contributed by atoms with Crippen molar-refractivity contribution in [2.45, 2.75) is 20.0 Å². The predicted molar refractivity (Wildman–Crippen MR) is 99.1 cm³/mol. The number of hydrogen-bond acceptors (Lipinski definition) is 6. The zero-order valence-corrected chi connectivity index (χ0v) is 15.0. The molecule has 0 aliphatic heterocycles. The number of esters is 1. The Morgan fingerprint density at radius 2 is 2.00 bits per heavy atom. The quantitative estimate of drug-likeness (QED) is 0.280. The van der Waals surface area contributed by atoms with Crippen LogP contribution in [0.4, 0.5) is 5.69 Å². The van der Waals surface area contributed by atoms with Gasteiger partial charge in [-0.05, 0) is 30.2 Å². The van der Waals surface area contributed by atoms with Crippen molar-refractivity contribution in [2.24, 2.45) is 0 Å². The SMILES string of the molecule is CCc1ccc2c(COC(=O)c3ccc(Cl)cc3[N+](=O)[O-])cc(=O)oc2c1. The molecule has 0 aliphatic rings. The average molecular weight is 388 g/mol. The maximum Gasteiger partial charge on any atom is 0.345 e. The van der Waals surface area contributed by atoms with Crippen molar-refractivity contribution >= 4 is 34.2 Å². The minimum absolute atomic E-state index is 0.136. The second kappa shape index (κ2) is 7.59. The van der Waals surface area contributed by atoms with Crippen LogP contribution in [0.3, 0.4) is 0 Å². The minimum atomic E-state index is -0.884. The Hall–Kier alpha value is -3.19. The van der Waals surface area contributed by atoms with E-state index in [-0.39, 0.29) is 17.2 Å². The number of nitro benzene ring substituents is 1. The molecule has 0 radical (unpaired) electrons. The molecular weight excluding hydrogens is 374 g/mol. The molecule has 138 valence electrons. The smallest absolute Gasteiger partial charge is 0.345 e. The van der Waals surface area contributed by atoms with Gasteiger partial charge in [0.2, 0.25) is 0 Å². The summed E-state index contributed by atoms with van der Waals surface area (Å²) in [5.74, 6) is -0.884. The average Bonchev–Trinajstić information content (AvgIpc) is 2.64. The third kappa shape index (κ3) is 3.98. The first-order chi connectivity index (χ1) is 12.9. The molecule has 0 unspecified atom stereocenters. The number of benzene rings is 2. The van der Waals surface area contributed by atoms with Crippen LogP contribution < -0.4 is 5.63 Å². The first-order valence-corrected chi connectivity index (χ1v) is 8.43. The van der Waals surface area contributed by atoms with E-state index in [9.17, 15) is 19.7 Å². The normalized spacial score (nSPS) is 10.7. The molecule has 0 saturated carbocycles. The van der Waals surface area contributed by atoms with Crippen LogP contribution in [0, 0.1) is 10.1 Å². The summed E-state index contributed by atoms with van der Waals surface area (Å²) in [7, 11) is 0. The molecule has 0 bridgehead atoms. The standard InChI is InChI=1S/C19H14ClNO6/c1-2-11-3-5-14-12(8-18(22)27-17(14)7-11)10-26-19(23)15-6-4-13(20)9-16(15)21(24)25/h3-9H,2,10H2,1H3. The molecule has 1 heterocycles. The molecule has 0 spiro atoms. The van der Waals surface area contributed by atoms with Crippen molar-refractivity contribution in [3.63, 3.8) is 0 Å². The Kier molecular flexibility index (Phi) is 5.23. The summed E-state index contributed by atoms with van der Waals surface area (Å²) in [6, 6.07) is 10.3. The zero-order chi connectivity index (χ0) is 19.6. The Labute approximate surface area is 158 Å². The van der Waals surface area contributed by atoms with Gasteiger partial charge in [0.25, 0.3) is 5.69 Å². The Morgan fingerprint density at radius 3 is 2.70 bits per heavy atom. The van der Waals surface area contributed by atoms with Crippen molar-refractivity contribution in [1.29, 1.82) is 0 Å². The molecule has 3 aromatic rings. The Morgan fingerprint density at radius 1 is 1.22 bits per heavy atom. The lowest BCUT2D eigenvalue weighted by Gasteiger charge is -2.08. The topological polar surface area (TPSA) is 99.6 Å². The van der Waals surface area contributed by atoms with Crippen LogP contribution in [0.2, 0.25) is 5.02 Å². The van der Waals surface area contributed by atoms with Crippen LogP contribution in [0.1, 0.15) is 28.4 Å². The number of carbonyl (C=O) groups is 1. The Balaban J connectivity index is 1.90. The largest absolute Gasteiger partial charge is 0.457 e. The lowest BCUT2D eigenvalue weighted by atomic mass is 10.1. The van der Waals surface area contributed by atoms with Gasteiger partial charge in [0, 0.05) is 28.1 Å². The monoisotopic (exact) mass is 387 g/mol. The highest BCUT2D eigenvalue weighted by Gasteiger charge is 2.22. The first-order valence-electron chi connectivity index (χ1n) is 8.05. The lowest BCUT2D eigenvalue weighted by Crippen LogP contribution is -2.10. The van der Waals surface area contributed by atoms with Gasteiger partial charge in [-0.15, -0.1) is 0 Å². The van der Waals surface area contributed by atoms with E-state index in [4.69, 9.17) is 20.8 Å². The predicted octanol–water partition coefficient (Wildman–Crippen LogP) is 4.27. The van der Waals surface area contributed by atoms with E-state index in [2.05, 4.69) is 0 Å². The molecule has 0 N–H and O–H groups in total. The fraction of sp³-hybridized carbons (Fsp3) is 0.158. The van der Waals surface area contributed by atoms with Crippen LogP contribution >= 0.6 is 11.6 Å². The van der Waals surface area contributed by atoms with Gasteiger partial charge in [-0.3, -0.25) is 10.1 Å². The summed E-state index contributed by atoms with van der Waals surface area (Å²) in [6.45, 7) is 1.75. The number of nitro groups is 1. The number of halogens is 1. The second-order valence-electron chi connectivity index (χ2n) is 5.77. The summed E-state index contributed by atoms with van der Waals surface area (Å²) in [5.41, 5.74) is 0.609. The van der Waals surface area contributed by atoms with Gasteiger partial charge in [-0.2, -0.15) is 0 Å². The summed E-state index contributed by atoms with van der Waals surface area (Å²) in [5, 5.41) is 11.9. The van der Waals surface area contributed by atoms with Gasteiger partial charge in [0.1, 0.15) is 17.8 Å². The van der Waals surface area contributed by atoms with Crippen molar-refractivity contribution in [2.75, 3.05) is 0 Å². The van der Waals surface area contributed by atoms with Gasteiger partial charge in [-0.25, -0.2) is 9.59 Å². The summed E-state index contributed by atoms with van der Waals surface area (Å²) in [4.78, 5) is 34.5. The van der Waals surface area contributed by atoms with E-state index in [1.807, 2.05) is 13.0 Å². The lowest BCUT2D eigenvalue weighted by molar-refractivity contribution is -0.385. The fourth-order valence-electron chi connectivity index (χ4n) is 2.66. The second-order valence-corrected chi connectivity index (χ2v) is 6.21. The molecule has 0 atom stereocenters. The number of carbonyl (C=O) groups excluding carboxylic acids is 1. The number of ether oxygens (including phenoxy) is 1. The van der Waals surface area contributed by atoms with Gasteiger partial charge in [0.05, 0.1) is 4.92 Å². The van der Waals surface area contributed by atoms with Crippen molar-refractivity contribution in [3.05, 3.63) is 84.7 Å². The maximum atomic E-state index is 12.3. The number of fused-ring (bicyclic) bond motifs is 1. The fourth-order valence-corrected chi connectivity index (χ4v) is 2.83. The molecule has 0 saturated heterocycles. The van der Waals surface area contributed by atoms with Crippen LogP contribution in [0.15, 0.2) is 51.7 Å². The number of aryl methyl sites for hydroxylation is 1. The summed E-state index contributed by atoms with van der Waals surface area (Å²) < 4.78 is 10.4.